The van der Waals surface area contributed by atoms with E-state index in [-0.39, 0.29) is 0 Å². The molecular formula is C13H18ClN5O. The minimum atomic E-state index is 0.307. The van der Waals surface area contributed by atoms with Crippen molar-refractivity contribution < 1.29 is 4.52 Å². The normalized spacial score (nSPS) is 16.8. The zero-order valence-electron chi connectivity index (χ0n) is 11.7. The van der Waals surface area contributed by atoms with E-state index in [9.17, 15) is 0 Å². The molecule has 7 heteroatoms. The van der Waals surface area contributed by atoms with E-state index >= 15 is 0 Å². The fourth-order valence-corrected chi connectivity index (χ4v) is 2.54. The second-order valence-electron chi connectivity index (χ2n) is 5.64. The average Bonchev–Trinajstić information content (AvgIpc) is 2.96. The van der Waals surface area contributed by atoms with Gasteiger partial charge in [-0.1, -0.05) is 30.6 Å². The lowest BCUT2D eigenvalue weighted by atomic mass is 10.0. The molecule has 1 aliphatic rings. The van der Waals surface area contributed by atoms with E-state index in [2.05, 4.69) is 34.0 Å². The zero-order chi connectivity index (χ0) is 14.1. The van der Waals surface area contributed by atoms with Crippen LogP contribution >= 0.6 is 11.6 Å². The van der Waals surface area contributed by atoms with Crippen LogP contribution in [0, 0.1) is 5.92 Å². The van der Waals surface area contributed by atoms with Gasteiger partial charge in [-0.15, -0.1) is 0 Å². The van der Waals surface area contributed by atoms with Crippen LogP contribution in [-0.4, -0.2) is 37.9 Å². The summed E-state index contributed by atoms with van der Waals surface area (Å²) in [4.78, 5) is 6.69. The Hall–Kier alpha value is -1.40. The summed E-state index contributed by atoms with van der Waals surface area (Å²) in [6.07, 6.45) is 3.53. The molecule has 3 heterocycles. The number of nitrogens with zero attached hydrogens (tertiary/aromatic N) is 5. The summed E-state index contributed by atoms with van der Waals surface area (Å²) < 4.78 is 7.15. The first-order valence-electron chi connectivity index (χ1n) is 6.83. The van der Waals surface area contributed by atoms with Crippen LogP contribution < -0.4 is 0 Å². The molecule has 0 atom stereocenters. The van der Waals surface area contributed by atoms with Crippen molar-refractivity contribution in [3.63, 3.8) is 0 Å². The van der Waals surface area contributed by atoms with Crippen LogP contribution in [0.4, 0.5) is 0 Å². The fourth-order valence-electron chi connectivity index (χ4n) is 2.38. The van der Waals surface area contributed by atoms with Gasteiger partial charge < -0.3 is 4.52 Å². The Kier molecular flexibility index (Phi) is 3.76. The average molecular weight is 296 g/mol. The summed E-state index contributed by atoms with van der Waals surface area (Å²) in [6, 6.07) is 0. The highest BCUT2D eigenvalue weighted by Gasteiger charge is 2.28. The van der Waals surface area contributed by atoms with E-state index in [1.54, 1.807) is 6.20 Å². The summed E-state index contributed by atoms with van der Waals surface area (Å²) in [5.41, 5.74) is 0. The van der Waals surface area contributed by atoms with Gasteiger partial charge >= 0.3 is 0 Å². The van der Waals surface area contributed by atoms with Crippen molar-refractivity contribution in [3.8, 4) is 0 Å². The van der Waals surface area contributed by atoms with Gasteiger partial charge in [0.1, 0.15) is 0 Å². The van der Waals surface area contributed by atoms with Crippen LogP contribution in [0.15, 0.2) is 16.9 Å². The lowest BCUT2D eigenvalue weighted by Gasteiger charge is -2.38. The van der Waals surface area contributed by atoms with Crippen LogP contribution in [0.25, 0.3) is 0 Å². The van der Waals surface area contributed by atoms with E-state index in [1.807, 2.05) is 10.9 Å². The number of halogens is 1. The molecule has 3 rings (SSSR count). The smallest absolute Gasteiger partial charge is 0.240 e. The lowest BCUT2D eigenvalue weighted by Crippen LogP contribution is -2.47. The predicted molar refractivity (Wildman–Crippen MR) is 74.4 cm³/mol. The zero-order valence-corrected chi connectivity index (χ0v) is 12.4. The molecular weight excluding hydrogens is 278 g/mol. The summed E-state index contributed by atoms with van der Waals surface area (Å²) >= 11 is 5.85. The Balaban J connectivity index is 1.45. The van der Waals surface area contributed by atoms with Gasteiger partial charge in [0.15, 0.2) is 5.82 Å². The summed E-state index contributed by atoms with van der Waals surface area (Å²) in [7, 11) is 0. The molecule has 0 spiro atoms. The Bertz CT molecular complexity index is 573. The van der Waals surface area contributed by atoms with Crippen LogP contribution in [-0.2, 0) is 13.1 Å². The van der Waals surface area contributed by atoms with E-state index in [0.29, 0.717) is 22.7 Å². The third kappa shape index (κ3) is 3.02. The Labute approximate surface area is 122 Å². The monoisotopic (exact) mass is 295 g/mol. The van der Waals surface area contributed by atoms with Gasteiger partial charge in [-0.3, -0.25) is 9.58 Å². The van der Waals surface area contributed by atoms with Crippen LogP contribution in [0.3, 0.4) is 0 Å². The van der Waals surface area contributed by atoms with Gasteiger partial charge in [0, 0.05) is 37.7 Å². The van der Waals surface area contributed by atoms with Gasteiger partial charge in [0.05, 0.1) is 17.8 Å². The maximum atomic E-state index is 5.85. The minimum Gasteiger partial charge on any atom is -0.338 e. The molecule has 1 saturated heterocycles. The molecule has 2 aromatic rings. The van der Waals surface area contributed by atoms with Crippen molar-refractivity contribution >= 4 is 11.6 Å². The van der Waals surface area contributed by atoms with E-state index in [0.717, 1.165) is 32.0 Å². The number of rotatable bonds is 5. The standard InChI is InChI=1S/C13H18ClN5O/c1-9(2)13-16-12(20-17-13)8-18-4-10(5-18)6-19-7-11(14)3-15-19/h3,7,9-10H,4-6,8H2,1-2H3. The van der Waals surface area contributed by atoms with Crippen molar-refractivity contribution in [1.29, 1.82) is 0 Å². The fraction of sp³-hybridized carbons (Fsp3) is 0.615. The molecule has 1 aliphatic heterocycles. The van der Waals surface area contributed by atoms with E-state index in [1.165, 1.54) is 0 Å². The molecule has 0 saturated carbocycles. The first-order valence-corrected chi connectivity index (χ1v) is 7.20. The van der Waals surface area contributed by atoms with Crippen LogP contribution in [0.5, 0.6) is 0 Å². The van der Waals surface area contributed by atoms with Gasteiger partial charge in [0.2, 0.25) is 5.89 Å². The molecule has 0 amide bonds. The third-order valence-corrected chi connectivity index (χ3v) is 3.63. The molecule has 20 heavy (non-hydrogen) atoms. The highest BCUT2D eigenvalue weighted by molar-refractivity contribution is 6.30. The first kappa shape index (κ1) is 13.6. The van der Waals surface area contributed by atoms with Gasteiger partial charge in [0.25, 0.3) is 0 Å². The largest absolute Gasteiger partial charge is 0.338 e. The quantitative estimate of drug-likeness (QED) is 0.846. The molecule has 0 aromatic carbocycles. The van der Waals surface area contributed by atoms with Crippen LogP contribution in [0.1, 0.15) is 31.5 Å². The first-order chi connectivity index (χ1) is 9.60. The third-order valence-electron chi connectivity index (χ3n) is 3.44. The van der Waals surface area contributed by atoms with Crippen molar-refractivity contribution in [1.82, 2.24) is 24.8 Å². The lowest BCUT2D eigenvalue weighted by molar-refractivity contribution is 0.0669. The molecule has 0 aliphatic carbocycles. The Morgan fingerprint density at radius 3 is 2.85 bits per heavy atom. The predicted octanol–water partition coefficient (Wildman–Crippen LogP) is 2.17. The highest BCUT2D eigenvalue weighted by Crippen LogP contribution is 2.21. The topological polar surface area (TPSA) is 60.0 Å². The van der Waals surface area contributed by atoms with Gasteiger partial charge in [-0.2, -0.15) is 10.1 Å². The van der Waals surface area contributed by atoms with Gasteiger partial charge in [-0.25, -0.2) is 0 Å². The van der Waals surface area contributed by atoms with Gasteiger partial charge in [-0.05, 0) is 0 Å². The summed E-state index contributed by atoms with van der Waals surface area (Å²) in [6.45, 7) is 7.81. The maximum absolute atomic E-state index is 5.85. The van der Waals surface area contributed by atoms with Crippen molar-refractivity contribution in [2.75, 3.05) is 13.1 Å². The Morgan fingerprint density at radius 2 is 2.25 bits per heavy atom. The van der Waals surface area contributed by atoms with Crippen molar-refractivity contribution in [3.05, 3.63) is 29.1 Å². The second-order valence-corrected chi connectivity index (χ2v) is 6.08. The summed E-state index contributed by atoms with van der Waals surface area (Å²) in [5.74, 6) is 2.40. The number of hydrogen-bond acceptors (Lipinski definition) is 5. The molecule has 2 aromatic heterocycles. The van der Waals surface area contributed by atoms with Crippen molar-refractivity contribution in [2.24, 2.45) is 5.92 Å². The number of hydrogen-bond donors (Lipinski definition) is 0. The number of likely N-dealkylation sites (tertiary alicyclic amines) is 1. The number of aromatic nitrogens is 4. The SMILES string of the molecule is CC(C)c1noc(CN2CC(Cn3cc(Cl)cn3)C2)n1. The Morgan fingerprint density at radius 1 is 1.45 bits per heavy atom. The highest BCUT2D eigenvalue weighted by atomic mass is 35.5. The molecule has 6 nitrogen and oxygen atoms in total. The van der Waals surface area contributed by atoms with Crippen LogP contribution in [0.2, 0.25) is 5.02 Å². The summed E-state index contributed by atoms with van der Waals surface area (Å²) in [5, 5.41) is 8.86. The molecule has 1 fully saturated rings. The maximum Gasteiger partial charge on any atom is 0.240 e. The second kappa shape index (κ2) is 5.54. The van der Waals surface area contributed by atoms with Crippen molar-refractivity contribution in [2.45, 2.75) is 32.9 Å². The molecule has 0 N–H and O–H groups in total. The van der Waals surface area contributed by atoms with E-state index in [4.69, 9.17) is 16.1 Å². The molecule has 0 unspecified atom stereocenters. The molecule has 0 bridgehead atoms. The molecule has 108 valence electrons. The minimum absolute atomic E-state index is 0.307. The van der Waals surface area contributed by atoms with E-state index < -0.39 is 0 Å². The molecule has 0 radical (unpaired) electrons.